The van der Waals surface area contributed by atoms with Gasteiger partial charge >= 0.3 is 0 Å². The first-order valence-corrected chi connectivity index (χ1v) is 2.55. The lowest BCUT2D eigenvalue weighted by Gasteiger charge is -2.19. The summed E-state index contributed by atoms with van der Waals surface area (Å²) in [4.78, 5) is 0. The highest BCUT2D eigenvalue weighted by molar-refractivity contribution is 7.81. The van der Waals surface area contributed by atoms with E-state index in [0.717, 1.165) is 0 Å². The van der Waals surface area contributed by atoms with E-state index in [1.807, 2.05) is 0 Å². The lowest BCUT2D eigenvalue weighted by atomic mass is 10.2. The Morgan fingerprint density at radius 1 is 1.71 bits per heavy atom. The van der Waals surface area contributed by atoms with Crippen molar-refractivity contribution in [2.45, 2.75) is 24.8 Å². The van der Waals surface area contributed by atoms with E-state index in [1.54, 1.807) is 13.8 Å². The molecule has 0 fully saturated rings. The Balaban J connectivity index is 3.54. The second kappa shape index (κ2) is 2.03. The minimum atomic E-state index is -0.837. The summed E-state index contributed by atoms with van der Waals surface area (Å²) in [7, 11) is 0. The summed E-state index contributed by atoms with van der Waals surface area (Å²) in [6.07, 6.45) is -0.837. The molecule has 0 aromatic rings. The maximum absolute atomic E-state index is 8.59. The molecule has 0 aromatic carbocycles. The van der Waals surface area contributed by atoms with Gasteiger partial charge in [0.2, 0.25) is 0 Å². The van der Waals surface area contributed by atoms with Crippen LogP contribution < -0.4 is 5.73 Å². The number of nitrogens with two attached hydrogens (primary N) is 1. The number of aliphatic hydroxyl groups excluding tert-OH is 1. The summed E-state index contributed by atoms with van der Waals surface area (Å²) in [6.45, 7) is 3.50. The normalized spacial score (nSPS) is 16.7. The Morgan fingerprint density at radius 2 is 1.86 bits per heavy atom. The van der Waals surface area contributed by atoms with Gasteiger partial charge in [0.1, 0.15) is 6.23 Å². The Hall–Kier alpha value is 0.270. The van der Waals surface area contributed by atoms with Gasteiger partial charge in [0.25, 0.3) is 0 Å². The second-order valence-corrected chi connectivity index (χ2v) is 3.25. The van der Waals surface area contributed by atoms with Crippen molar-refractivity contribution in [3.63, 3.8) is 0 Å². The van der Waals surface area contributed by atoms with Crippen LogP contribution in [0.4, 0.5) is 0 Å². The van der Waals surface area contributed by atoms with Crippen LogP contribution in [0.15, 0.2) is 0 Å². The van der Waals surface area contributed by atoms with Gasteiger partial charge in [-0.3, -0.25) is 0 Å². The molecule has 3 heteroatoms. The molecule has 1 atom stereocenters. The van der Waals surface area contributed by atoms with Crippen LogP contribution in [0.5, 0.6) is 0 Å². The molecule has 0 bridgehead atoms. The molecule has 0 aromatic heterocycles. The third kappa shape index (κ3) is 2.91. The van der Waals surface area contributed by atoms with Crippen molar-refractivity contribution in [1.82, 2.24) is 0 Å². The molecule has 0 radical (unpaired) electrons. The van der Waals surface area contributed by atoms with Crippen LogP contribution in [0.25, 0.3) is 0 Å². The third-order valence-electron chi connectivity index (χ3n) is 0.724. The summed E-state index contributed by atoms with van der Waals surface area (Å²) in [6, 6.07) is 0. The van der Waals surface area contributed by atoms with E-state index in [1.165, 1.54) is 0 Å². The largest absolute Gasteiger partial charge is 0.377 e. The summed E-state index contributed by atoms with van der Waals surface area (Å²) < 4.78 is -0.472. The predicted molar refractivity (Wildman–Crippen MR) is 33.3 cm³/mol. The monoisotopic (exact) mass is 121 g/mol. The van der Waals surface area contributed by atoms with Gasteiger partial charge in [-0.15, -0.1) is 0 Å². The number of aliphatic hydroxyl groups is 1. The summed E-state index contributed by atoms with van der Waals surface area (Å²) in [5.74, 6) is 0. The van der Waals surface area contributed by atoms with E-state index in [4.69, 9.17) is 10.8 Å². The second-order valence-electron chi connectivity index (χ2n) is 2.10. The van der Waals surface area contributed by atoms with Gasteiger partial charge in [-0.25, -0.2) is 0 Å². The van der Waals surface area contributed by atoms with E-state index in [9.17, 15) is 0 Å². The van der Waals surface area contributed by atoms with Crippen molar-refractivity contribution in [2.24, 2.45) is 5.73 Å². The maximum Gasteiger partial charge on any atom is 0.116 e. The fourth-order valence-electron chi connectivity index (χ4n) is 0. The molecular weight excluding hydrogens is 110 g/mol. The van der Waals surface area contributed by atoms with Gasteiger partial charge in [-0.2, -0.15) is 12.6 Å². The van der Waals surface area contributed by atoms with E-state index in [0.29, 0.717) is 0 Å². The van der Waals surface area contributed by atoms with E-state index >= 15 is 0 Å². The third-order valence-corrected chi connectivity index (χ3v) is 0.988. The van der Waals surface area contributed by atoms with Gasteiger partial charge in [0.15, 0.2) is 0 Å². The van der Waals surface area contributed by atoms with Crippen molar-refractivity contribution >= 4 is 12.6 Å². The SMILES string of the molecule is CC(C)(S)[C@H](N)O. The number of hydrogen-bond acceptors (Lipinski definition) is 3. The molecule has 3 N–H and O–H groups in total. The molecule has 7 heavy (non-hydrogen) atoms. The zero-order chi connectivity index (χ0) is 6.08. The Kier molecular flexibility index (Phi) is 2.10. The van der Waals surface area contributed by atoms with Crippen LogP contribution in [0.1, 0.15) is 13.8 Å². The molecule has 0 unspecified atom stereocenters. The molecule has 0 spiro atoms. The van der Waals surface area contributed by atoms with Gasteiger partial charge in [0.05, 0.1) is 0 Å². The van der Waals surface area contributed by atoms with Gasteiger partial charge < -0.3 is 10.8 Å². The molecule has 0 aliphatic heterocycles. The van der Waals surface area contributed by atoms with Gasteiger partial charge in [-0.05, 0) is 13.8 Å². The molecule has 0 heterocycles. The fourth-order valence-corrected chi connectivity index (χ4v) is 0. The lowest BCUT2D eigenvalue weighted by molar-refractivity contribution is 0.150. The first-order valence-electron chi connectivity index (χ1n) is 2.10. The zero-order valence-electron chi connectivity index (χ0n) is 4.55. The van der Waals surface area contributed by atoms with Crippen molar-refractivity contribution in [2.75, 3.05) is 0 Å². The van der Waals surface area contributed by atoms with E-state index < -0.39 is 11.0 Å². The van der Waals surface area contributed by atoms with Crippen LogP contribution in [-0.2, 0) is 0 Å². The molecule has 0 saturated carbocycles. The van der Waals surface area contributed by atoms with Crippen LogP contribution in [0.2, 0.25) is 0 Å². The Bertz CT molecular complexity index is 57.2. The topological polar surface area (TPSA) is 46.2 Å². The smallest absolute Gasteiger partial charge is 0.116 e. The molecule has 2 nitrogen and oxygen atoms in total. The lowest BCUT2D eigenvalue weighted by Crippen LogP contribution is -2.38. The van der Waals surface area contributed by atoms with Crippen molar-refractivity contribution in [1.29, 1.82) is 0 Å². The summed E-state index contributed by atoms with van der Waals surface area (Å²) in [5, 5.41) is 8.59. The molecular formula is C4H11NOS. The van der Waals surface area contributed by atoms with E-state index in [-0.39, 0.29) is 0 Å². The molecule has 0 aliphatic carbocycles. The van der Waals surface area contributed by atoms with Crippen LogP contribution >= 0.6 is 12.6 Å². The maximum atomic E-state index is 8.59. The van der Waals surface area contributed by atoms with E-state index in [2.05, 4.69) is 12.6 Å². The van der Waals surface area contributed by atoms with Crippen molar-refractivity contribution in [3.8, 4) is 0 Å². The van der Waals surface area contributed by atoms with Crippen molar-refractivity contribution in [3.05, 3.63) is 0 Å². The zero-order valence-corrected chi connectivity index (χ0v) is 5.44. The number of rotatable bonds is 1. The van der Waals surface area contributed by atoms with Gasteiger partial charge in [-0.1, -0.05) is 0 Å². The molecule has 44 valence electrons. The first kappa shape index (κ1) is 7.27. The summed E-state index contributed by atoms with van der Waals surface area (Å²) >= 11 is 3.97. The average Bonchev–Trinajstić information content (AvgIpc) is 1.31. The minimum absolute atomic E-state index is 0.472. The quantitative estimate of drug-likeness (QED) is 0.337. The van der Waals surface area contributed by atoms with Gasteiger partial charge in [0, 0.05) is 4.75 Å². The Labute approximate surface area is 49.1 Å². The number of thiol groups is 1. The minimum Gasteiger partial charge on any atom is -0.377 e. The predicted octanol–water partition coefficient (Wildman–Crippen LogP) is -0.0281. The van der Waals surface area contributed by atoms with Crippen molar-refractivity contribution < 1.29 is 5.11 Å². The molecule has 0 saturated heterocycles. The highest BCUT2D eigenvalue weighted by atomic mass is 32.1. The molecule has 0 aliphatic rings. The highest BCUT2D eigenvalue weighted by Crippen LogP contribution is 2.12. The highest BCUT2D eigenvalue weighted by Gasteiger charge is 2.17. The molecule has 0 rings (SSSR count). The average molecular weight is 121 g/mol. The number of hydrogen-bond donors (Lipinski definition) is 3. The van der Waals surface area contributed by atoms with Crippen LogP contribution in [-0.4, -0.2) is 16.1 Å². The van der Waals surface area contributed by atoms with Crippen LogP contribution in [0, 0.1) is 0 Å². The summed E-state index contributed by atoms with van der Waals surface area (Å²) in [5.41, 5.74) is 5.05. The Morgan fingerprint density at radius 3 is 1.86 bits per heavy atom. The first-order chi connectivity index (χ1) is 2.94. The van der Waals surface area contributed by atoms with Crippen LogP contribution in [0.3, 0.4) is 0 Å². The molecule has 0 amide bonds. The standard InChI is InChI=1S/C4H11NOS/c1-4(2,7)3(5)6/h3,6-7H,5H2,1-2H3/t3-/m1/s1. The fraction of sp³-hybridized carbons (Fsp3) is 1.00.